The first kappa shape index (κ1) is 13.9. The van der Waals surface area contributed by atoms with Gasteiger partial charge in [0.25, 0.3) is 0 Å². The third-order valence-electron chi connectivity index (χ3n) is 2.23. The van der Waals surface area contributed by atoms with Crippen LogP contribution in [-0.4, -0.2) is 11.0 Å². The lowest BCUT2D eigenvalue weighted by Gasteiger charge is -2.07. The predicted octanol–water partition coefficient (Wildman–Crippen LogP) is 3.00. The van der Waals surface area contributed by atoms with E-state index >= 15 is 0 Å². The number of hydrogen-bond acceptors (Lipinski definition) is 3. The number of pyridine rings is 1. The van der Waals surface area contributed by atoms with Crippen molar-refractivity contribution in [2.45, 2.75) is 0 Å². The van der Waals surface area contributed by atoms with Gasteiger partial charge in [-0.1, -0.05) is 0 Å². The van der Waals surface area contributed by atoms with E-state index < -0.39 is 40.9 Å². The lowest BCUT2D eigenvalue weighted by Crippen LogP contribution is -2.12. The molecule has 3 nitrogen and oxygen atoms in total. The maximum atomic E-state index is 13.2. The average molecular weight is 288 g/mol. The number of aromatic nitrogens is 1. The summed E-state index contributed by atoms with van der Waals surface area (Å²) in [4.78, 5) is 14.6. The van der Waals surface area contributed by atoms with E-state index in [4.69, 9.17) is 0 Å². The van der Waals surface area contributed by atoms with Gasteiger partial charge in [-0.25, -0.2) is 18.6 Å². The number of nitrogens with zero attached hydrogens (tertiary/aromatic N) is 1. The van der Waals surface area contributed by atoms with Gasteiger partial charge in [0.1, 0.15) is 0 Å². The van der Waals surface area contributed by atoms with Crippen LogP contribution in [0.3, 0.4) is 0 Å². The van der Waals surface area contributed by atoms with Crippen molar-refractivity contribution in [3.63, 3.8) is 0 Å². The molecule has 0 aliphatic carbocycles. The van der Waals surface area contributed by atoms with Crippen molar-refractivity contribution in [1.82, 2.24) is 4.98 Å². The molecule has 1 aromatic carbocycles. The van der Waals surface area contributed by atoms with Crippen molar-refractivity contribution in [3.8, 4) is 5.75 Å². The van der Waals surface area contributed by atoms with Crippen LogP contribution in [0.1, 0.15) is 10.4 Å². The molecule has 2 aromatic rings. The molecule has 1 heterocycles. The highest BCUT2D eigenvalue weighted by Gasteiger charge is 2.23. The molecule has 0 N–H and O–H groups in total. The molecule has 0 saturated heterocycles. The van der Waals surface area contributed by atoms with Crippen molar-refractivity contribution in [3.05, 3.63) is 59.2 Å². The highest BCUT2D eigenvalue weighted by Crippen LogP contribution is 2.27. The van der Waals surface area contributed by atoms with Gasteiger partial charge in [0.2, 0.25) is 23.3 Å². The van der Waals surface area contributed by atoms with Crippen LogP contribution in [0.5, 0.6) is 5.75 Å². The minimum atomic E-state index is -1.85. The van der Waals surface area contributed by atoms with Crippen LogP contribution in [-0.2, 0) is 0 Å². The van der Waals surface area contributed by atoms with E-state index in [9.17, 15) is 26.7 Å². The molecule has 2 rings (SSSR count). The quantitative estimate of drug-likeness (QED) is 0.280. The Bertz CT molecular complexity index is 646. The Morgan fingerprint density at radius 3 is 2.10 bits per heavy atom. The molecule has 1 aromatic heterocycles. The van der Waals surface area contributed by atoms with Gasteiger partial charge in [-0.2, -0.15) is 13.2 Å². The second-order valence-electron chi connectivity index (χ2n) is 3.56. The van der Waals surface area contributed by atoms with Crippen LogP contribution in [0, 0.1) is 29.2 Å². The molecule has 0 saturated carbocycles. The van der Waals surface area contributed by atoms with Gasteiger partial charge in [0.05, 0.1) is 5.56 Å². The lowest BCUT2D eigenvalue weighted by atomic mass is 10.2. The summed E-state index contributed by atoms with van der Waals surface area (Å²) in [5.41, 5.74) is -0.352. The highest BCUT2D eigenvalue weighted by atomic mass is 19.2. The SMILES string of the molecule is O=C(Oc1c(F)c(F)cc(F)c1F)c1ccc([18F])nc1. The Balaban J connectivity index is 2.35. The smallest absolute Gasteiger partial charge is 0.345 e. The number of benzene rings is 1. The van der Waals surface area contributed by atoms with E-state index in [2.05, 4.69) is 9.72 Å². The fraction of sp³-hybridized carbons (Fsp3) is 0. The summed E-state index contributed by atoms with van der Waals surface area (Å²) in [6.07, 6.45) is 0.739. The van der Waals surface area contributed by atoms with Gasteiger partial charge in [-0.3, -0.25) is 0 Å². The van der Waals surface area contributed by atoms with E-state index in [1.165, 1.54) is 0 Å². The largest absolute Gasteiger partial charge is 0.416 e. The molecule has 0 fully saturated rings. The van der Waals surface area contributed by atoms with E-state index in [0.717, 1.165) is 18.3 Å². The Morgan fingerprint density at radius 1 is 1.00 bits per heavy atom. The maximum absolute atomic E-state index is 13.2. The van der Waals surface area contributed by atoms with Crippen LogP contribution in [0.2, 0.25) is 0 Å². The van der Waals surface area contributed by atoms with Crippen LogP contribution in [0.25, 0.3) is 0 Å². The number of carbonyl (C=O) groups excluding carboxylic acids is 1. The van der Waals surface area contributed by atoms with Crippen LogP contribution < -0.4 is 4.74 Å². The molecular weight excluding hydrogens is 284 g/mol. The molecule has 0 aliphatic rings. The first-order valence-electron chi connectivity index (χ1n) is 5.07. The third kappa shape index (κ3) is 2.58. The van der Waals surface area contributed by atoms with Crippen LogP contribution in [0.4, 0.5) is 22.0 Å². The van der Waals surface area contributed by atoms with Gasteiger partial charge < -0.3 is 4.74 Å². The molecule has 0 bridgehead atoms. The van der Waals surface area contributed by atoms with E-state index in [0.29, 0.717) is 0 Å². The summed E-state index contributed by atoms with van der Waals surface area (Å²) < 4.78 is 69.0. The fourth-order valence-electron chi connectivity index (χ4n) is 1.29. The summed E-state index contributed by atoms with van der Waals surface area (Å²) >= 11 is 0. The Hall–Kier alpha value is -2.51. The Kier molecular flexibility index (Phi) is 3.64. The molecule has 0 unspecified atom stereocenters. The van der Waals surface area contributed by atoms with Crippen molar-refractivity contribution in [1.29, 1.82) is 0 Å². The summed E-state index contributed by atoms with van der Waals surface area (Å²) in [6, 6.07) is 1.70. The standard InChI is InChI=1S/C12H4F5NO2/c13-6-3-7(14)10(17)11(9(6)16)20-12(19)5-1-2-8(15)18-4-5/h1-4H/i15-1. The van der Waals surface area contributed by atoms with Gasteiger partial charge in [0.15, 0.2) is 11.6 Å². The first-order chi connectivity index (χ1) is 9.40. The normalized spacial score (nSPS) is 10.4. The number of hydrogen-bond donors (Lipinski definition) is 0. The Morgan fingerprint density at radius 2 is 1.60 bits per heavy atom. The predicted molar refractivity (Wildman–Crippen MR) is 55.4 cm³/mol. The second-order valence-corrected chi connectivity index (χ2v) is 3.56. The molecule has 0 spiro atoms. The number of rotatable bonds is 2. The average Bonchev–Trinajstić information content (AvgIpc) is 2.42. The minimum Gasteiger partial charge on any atom is -0.416 e. The van der Waals surface area contributed by atoms with E-state index in [1.54, 1.807) is 0 Å². The zero-order chi connectivity index (χ0) is 14.9. The number of carbonyl (C=O) groups is 1. The Labute approximate surface area is 108 Å². The van der Waals surface area contributed by atoms with Gasteiger partial charge in [-0.05, 0) is 12.1 Å². The lowest BCUT2D eigenvalue weighted by molar-refractivity contribution is 0.0716. The van der Waals surface area contributed by atoms with Gasteiger partial charge >= 0.3 is 5.97 Å². The van der Waals surface area contributed by atoms with Crippen molar-refractivity contribution >= 4 is 5.97 Å². The fourth-order valence-corrected chi connectivity index (χ4v) is 1.29. The molecule has 0 atom stereocenters. The van der Waals surface area contributed by atoms with Gasteiger partial charge in [-0.15, -0.1) is 0 Å². The maximum Gasteiger partial charge on any atom is 0.345 e. The molecule has 104 valence electrons. The summed E-state index contributed by atoms with van der Waals surface area (Å²) in [5, 5.41) is 0. The van der Waals surface area contributed by atoms with Crippen LogP contribution >= 0.6 is 0 Å². The summed E-state index contributed by atoms with van der Waals surface area (Å²) in [6.45, 7) is 0. The summed E-state index contributed by atoms with van der Waals surface area (Å²) in [5.74, 6) is -10.9. The third-order valence-corrected chi connectivity index (χ3v) is 2.23. The molecule has 8 heteroatoms. The number of halogens is 5. The zero-order valence-electron chi connectivity index (χ0n) is 9.46. The number of ether oxygens (including phenoxy) is 1. The van der Waals surface area contributed by atoms with E-state index in [-0.39, 0.29) is 11.6 Å². The van der Waals surface area contributed by atoms with Crippen LogP contribution in [0.15, 0.2) is 24.4 Å². The molecule has 0 aliphatic heterocycles. The van der Waals surface area contributed by atoms with E-state index in [1.807, 2.05) is 0 Å². The van der Waals surface area contributed by atoms with Crippen molar-refractivity contribution < 1.29 is 31.5 Å². The topological polar surface area (TPSA) is 39.2 Å². The first-order valence-corrected chi connectivity index (χ1v) is 5.07. The minimum absolute atomic E-state index is 0.0263. The molecule has 20 heavy (non-hydrogen) atoms. The van der Waals surface area contributed by atoms with Crippen molar-refractivity contribution in [2.24, 2.45) is 0 Å². The van der Waals surface area contributed by atoms with Crippen molar-refractivity contribution in [2.75, 3.05) is 0 Å². The monoisotopic (exact) mass is 288 g/mol. The molecular formula is C12H4F5NO2. The van der Waals surface area contributed by atoms with Gasteiger partial charge in [0, 0.05) is 12.3 Å². The summed E-state index contributed by atoms with van der Waals surface area (Å²) in [7, 11) is 0. The zero-order valence-corrected chi connectivity index (χ0v) is 9.46. The molecule has 0 radical (unpaired) electrons. The number of esters is 1. The second kappa shape index (κ2) is 5.24. The molecule has 0 amide bonds. The highest BCUT2D eigenvalue weighted by molar-refractivity contribution is 5.90.